The number of nitrogens with one attached hydrogen (secondary N) is 1. The topological polar surface area (TPSA) is 75.6 Å². The predicted octanol–water partition coefficient (Wildman–Crippen LogP) is 1.90. The quantitative estimate of drug-likeness (QED) is 0.805. The third-order valence-corrected chi connectivity index (χ3v) is 6.33. The van der Waals surface area contributed by atoms with E-state index in [9.17, 15) is 13.8 Å². The largest absolute Gasteiger partial charge is 0.343 e. The molecule has 0 atom stereocenters. The summed E-state index contributed by atoms with van der Waals surface area (Å²) in [4.78, 5) is 23.6. The van der Waals surface area contributed by atoms with Crippen LogP contribution in [0.3, 0.4) is 0 Å². The molecular weight excluding hydrogens is 288 g/mol. The first kappa shape index (κ1) is 14.3. The first-order valence-electron chi connectivity index (χ1n) is 7.25. The van der Waals surface area contributed by atoms with Crippen LogP contribution in [-0.4, -0.2) is 27.5 Å². The van der Waals surface area contributed by atoms with E-state index in [0.717, 1.165) is 32.1 Å². The van der Waals surface area contributed by atoms with Gasteiger partial charge >= 0.3 is 11.8 Å². The van der Waals surface area contributed by atoms with Crippen LogP contribution in [0.15, 0.2) is 22.6 Å². The number of nitrogens with zero attached hydrogens (tertiary/aromatic N) is 1. The average molecular weight is 306 g/mol. The van der Waals surface area contributed by atoms with Crippen molar-refractivity contribution in [2.45, 2.75) is 32.1 Å². The third kappa shape index (κ3) is 3.15. The molecule has 2 aliphatic rings. The lowest BCUT2D eigenvalue weighted by Gasteiger charge is -2.06. The first-order chi connectivity index (χ1) is 10.1. The Balaban J connectivity index is 1.71. The maximum atomic E-state index is 12.1. The Labute approximate surface area is 124 Å². The summed E-state index contributed by atoms with van der Waals surface area (Å²) in [5.41, 5.74) is 3.13. The molecule has 21 heavy (non-hydrogen) atoms. The highest BCUT2D eigenvalue weighted by molar-refractivity contribution is 7.94. The van der Waals surface area contributed by atoms with Crippen LogP contribution in [0.2, 0.25) is 0 Å². The van der Waals surface area contributed by atoms with Crippen LogP contribution in [0.5, 0.6) is 0 Å². The lowest BCUT2D eigenvalue weighted by atomic mass is 10.1. The molecule has 0 bridgehead atoms. The third-order valence-electron chi connectivity index (χ3n) is 3.98. The molecule has 1 aliphatic carbocycles. The summed E-state index contributed by atoms with van der Waals surface area (Å²) < 4.78 is 15.8. The van der Waals surface area contributed by atoms with E-state index in [1.165, 1.54) is 11.1 Å². The van der Waals surface area contributed by atoms with Gasteiger partial charge in [-0.2, -0.15) is 4.36 Å². The van der Waals surface area contributed by atoms with Crippen molar-refractivity contribution in [1.82, 2.24) is 0 Å². The van der Waals surface area contributed by atoms with Gasteiger partial charge in [0.25, 0.3) is 0 Å². The van der Waals surface area contributed by atoms with Gasteiger partial charge in [-0.3, -0.25) is 9.59 Å². The van der Waals surface area contributed by atoms with Crippen LogP contribution in [0.4, 0.5) is 5.69 Å². The lowest BCUT2D eigenvalue weighted by molar-refractivity contribution is -0.133. The fourth-order valence-electron chi connectivity index (χ4n) is 2.88. The van der Waals surface area contributed by atoms with E-state index in [0.29, 0.717) is 17.2 Å². The number of anilines is 1. The van der Waals surface area contributed by atoms with Crippen LogP contribution in [0, 0.1) is 0 Å². The molecule has 1 aromatic carbocycles. The van der Waals surface area contributed by atoms with Crippen molar-refractivity contribution in [2.75, 3.05) is 16.8 Å². The molecule has 0 radical (unpaired) electrons. The summed E-state index contributed by atoms with van der Waals surface area (Å²) in [5.74, 6) is -0.889. The van der Waals surface area contributed by atoms with Gasteiger partial charge in [-0.25, -0.2) is 4.21 Å². The maximum Gasteiger partial charge on any atom is 0.343 e. The van der Waals surface area contributed by atoms with Crippen LogP contribution in [0.1, 0.15) is 30.4 Å². The number of carbonyl (C=O) groups is 2. The molecule has 0 unspecified atom stereocenters. The number of carbonyl (C=O) groups excluding carboxylic acids is 2. The lowest BCUT2D eigenvalue weighted by Crippen LogP contribution is -2.22. The van der Waals surface area contributed by atoms with E-state index in [4.69, 9.17) is 0 Å². The minimum absolute atomic E-state index is 0.421. The van der Waals surface area contributed by atoms with Gasteiger partial charge in [-0.15, -0.1) is 0 Å². The number of benzene rings is 1. The molecule has 0 spiro atoms. The maximum absolute atomic E-state index is 12.1. The Bertz CT molecular complexity index is 706. The number of hydrogen-bond acceptors (Lipinski definition) is 3. The molecule has 2 amide bonds. The van der Waals surface area contributed by atoms with Crippen molar-refractivity contribution in [3.8, 4) is 0 Å². The van der Waals surface area contributed by atoms with Crippen molar-refractivity contribution in [3.63, 3.8) is 0 Å². The highest BCUT2D eigenvalue weighted by Crippen LogP contribution is 2.24. The standard InChI is InChI=1S/C15H18N2O3S/c18-14(15(19)17-21(20)8-1-2-9-21)16-13-7-6-11-4-3-5-12(11)10-13/h6-7,10H,1-5,8-9H2,(H,16,18). The summed E-state index contributed by atoms with van der Waals surface area (Å²) in [6.45, 7) is 0. The van der Waals surface area contributed by atoms with E-state index in [1.54, 1.807) is 6.07 Å². The SMILES string of the molecule is O=C(N=S1(=O)CCCC1)C(=O)Nc1ccc2c(c1)CCC2. The van der Waals surface area contributed by atoms with Gasteiger partial charge < -0.3 is 5.32 Å². The number of aryl methyl sites for hydroxylation is 2. The number of hydrogen-bond donors (Lipinski definition) is 1. The molecule has 112 valence electrons. The van der Waals surface area contributed by atoms with Gasteiger partial charge in [-0.1, -0.05) is 6.07 Å². The zero-order valence-electron chi connectivity index (χ0n) is 11.8. The number of fused-ring (bicyclic) bond motifs is 1. The van der Waals surface area contributed by atoms with E-state index in [2.05, 4.69) is 9.68 Å². The monoisotopic (exact) mass is 306 g/mol. The second-order valence-corrected chi connectivity index (χ2v) is 8.12. The van der Waals surface area contributed by atoms with Gasteiger partial charge in [0.2, 0.25) is 0 Å². The minimum Gasteiger partial charge on any atom is -0.318 e. The highest BCUT2D eigenvalue weighted by Gasteiger charge is 2.22. The summed E-state index contributed by atoms with van der Waals surface area (Å²) in [6, 6.07) is 5.69. The van der Waals surface area contributed by atoms with Crippen molar-refractivity contribution >= 4 is 27.2 Å². The fourth-order valence-corrected chi connectivity index (χ4v) is 4.96. The Morgan fingerprint density at radius 1 is 1.05 bits per heavy atom. The average Bonchev–Trinajstić information content (AvgIpc) is 3.07. The van der Waals surface area contributed by atoms with Gasteiger partial charge in [0.05, 0.1) is 9.73 Å². The van der Waals surface area contributed by atoms with Crippen LogP contribution in [-0.2, 0) is 32.2 Å². The summed E-state index contributed by atoms with van der Waals surface area (Å²) in [5, 5.41) is 2.55. The zero-order valence-corrected chi connectivity index (χ0v) is 12.6. The van der Waals surface area contributed by atoms with E-state index >= 15 is 0 Å². The van der Waals surface area contributed by atoms with Crippen LogP contribution in [0.25, 0.3) is 0 Å². The van der Waals surface area contributed by atoms with Crippen molar-refractivity contribution < 1.29 is 13.8 Å². The smallest absolute Gasteiger partial charge is 0.318 e. The summed E-state index contributed by atoms with van der Waals surface area (Å²) in [6.07, 6.45) is 4.82. The molecule has 1 aromatic rings. The van der Waals surface area contributed by atoms with E-state index < -0.39 is 21.5 Å². The minimum atomic E-state index is -2.49. The molecular formula is C15H18N2O3S. The summed E-state index contributed by atoms with van der Waals surface area (Å²) in [7, 11) is -2.49. The van der Waals surface area contributed by atoms with Crippen LogP contribution >= 0.6 is 0 Å². The Hall–Kier alpha value is -1.69. The van der Waals surface area contributed by atoms with Gasteiger partial charge in [0.1, 0.15) is 0 Å². The highest BCUT2D eigenvalue weighted by atomic mass is 32.2. The molecule has 5 nitrogen and oxygen atoms in total. The van der Waals surface area contributed by atoms with E-state index in [1.807, 2.05) is 12.1 Å². The Morgan fingerprint density at radius 3 is 2.52 bits per heavy atom. The predicted molar refractivity (Wildman–Crippen MR) is 81.6 cm³/mol. The van der Waals surface area contributed by atoms with Crippen molar-refractivity contribution in [1.29, 1.82) is 0 Å². The van der Waals surface area contributed by atoms with Crippen molar-refractivity contribution in [2.24, 2.45) is 4.36 Å². The normalized spacial score (nSPS) is 19.0. The van der Waals surface area contributed by atoms with Gasteiger partial charge in [0, 0.05) is 17.2 Å². The molecule has 1 heterocycles. The number of amides is 2. The van der Waals surface area contributed by atoms with E-state index in [-0.39, 0.29) is 0 Å². The molecule has 1 N–H and O–H groups in total. The molecule has 3 rings (SSSR count). The molecule has 6 heteroatoms. The Kier molecular flexibility index (Phi) is 3.80. The number of rotatable bonds is 1. The fraction of sp³-hybridized carbons (Fsp3) is 0.467. The Morgan fingerprint density at radius 2 is 1.76 bits per heavy atom. The summed E-state index contributed by atoms with van der Waals surface area (Å²) >= 11 is 0. The second-order valence-electron chi connectivity index (χ2n) is 5.58. The zero-order chi connectivity index (χ0) is 14.9. The van der Waals surface area contributed by atoms with Crippen LogP contribution < -0.4 is 5.32 Å². The first-order valence-corrected chi connectivity index (χ1v) is 9.11. The molecule has 1 aliphatic heterocycles. The van der Waals surface area contributed by atoms with Gasteiger partial charge in [-0.05, 0) is 55.4 Å². The second kappa shape index (κ2) is 5.60. The van der Waals surface area contributed by atoms with Gasteiger partial charge in [0.15, 0.2) is 0 Å². The molecule has 0 saturated carbocycles. The molecule has 0 aromatic heterocycles. The molecule has 1 saturated heterocycles. The molecule has 1 fully saturated rings. The van der Waals surface area contributed by atoms with Crippen molar-refractivity contribution in [3.05, 3.63) is 29.3 Å².